The normalized spacial score (nSPS) is 11.5. The fourth-order valence-electron chi connectivity index (χ4n) is 2.89. The third kappa shape index (κ3) is 6.95. The maximum absolute atomic E-state index is 13.7. The predicted molar refractivity (Wildman–Crippen MR) is 127 cm³/mol. The van der Waals surface area contributed by atoms with Gasteiger partial charge in [0, 0.05) is 23.5 Å². The van der Waals surface area contributed by atoms with Gasteiger partial charge in [0.1, 0.15) is 5.82 Å². The standard InChI is InChI=1S/C24H25FN4O3S/c1-3-15(2)22(31)27-17-8-6-7-16(11-17)13-26-21(30)12-18-14-33-24(28-18)29-23(32)19-9-4-5-10-20(19)25/h4-11,14-15H,3,12-13H2,1-2H3,(H,26,30)(H,27,31)(H,28,29,32). The molecule has 0 bridgehead atoms. The van der Waals surface area contributed by atoms with Crippen LogP contribution in [0.1, 0.15) is 41.9 Å². The minimum atomic E-state index is -0.616. The Morgan fingerprint density at radius 2 is 1.88 bits per heavy atom. The molecule has 3 N–H and O–H groups in total. The monoisotopic (exact) mass is 468 g/mol. The van der Waals surface area contributed by atoms with Crippen LogP contribution >= 0.6 is 11.3 Å². The number of rotatable bonds is 9. The first-order chi connectivity index (χ1) is 15.9. The molecule has 3 rings (SSSR count). The molecule has 7 nitrogen and oxygen atoms in total. The molecule has 0 spiro atoms. The molecule has 0 radical (unpaired) electrons. The van der Waals surface area contributed by atoms with Crippen molar-refractivity contribution < 1.29 is 18.8 Å². The van der Waals surface area contributed by atoms with Crippen LogP contribution in [-0.2, 0) is 22.6 Å². The molecule has 0 aliphatic carbocycles. The van der Waals surface area contributed by atoms with E-state index in [9.17, 15) is 18.8 Å². The van der Waals surface area contributed by atoms with Gasteiger partial charge in [-0.1, -0.05) is 38.1 Å². The van der Waals surface area contributed by atoms with Crippen molar-refractivity contribution >= 4 is 39.9 Å². The largest absolute Gasteiger partial charge is 0.352 e. The number of hydrogen-bond donors (Lipinski definition) is 3. The summed E-state index contributed by atoms with van der Waals surface area (Å²) in [4.78, 5) is 40.8. The zero-order chi connectivity index (χ0) is 23.8. The van der Waals surface area contributed by atoms with E-state index in [1.807, 2.05) is 32.0 Å². The van der Waals surface area contributed by atoms with Crippen molar-refractivity contribution in [2.75, 3.05) is 10.6 Å². The molecule has 3 aromatic rings. The molecular weight excluding hydrogens is 443 g/mol. The van der Waals surface area contributed by atoms with Gasteiger partial charge in [-0.15, -0.1) is 11.3 Å². The summed E-state index contributed by atoms with van der Waals surface area (Å²) in [5, 5.41) is 10.2. The van der Waals surface area contributed by atoms with Gasteiger partial charge in [0.2, 0.25) is 11.8 Å². The number of carbonyl (C=O) groups excluding carboxylic acids is 3. The predicted octanol–water partition coefficient (Wildman–Crippen LogP) is 4.38. The molecular formula is C24H25FN4O3S. The van der Waals surface area contributed by atoms with Crippen LogP contribution in [-0.4, -0.2) is 22.7 Å². The summed E-state index contributed by atoms with van der Waals surface area (Å²) in [5.41, 5.74) is 1.95. The third-order valence-corrected chi connectivity index (χ3v) is 5.78. The van der Waals surface area contributed by atoms with Crippen LogP contribution in [0, 0.1) is 11.7 Å². The Kier molecular flexibility index (Phi) is 8.26. The highest BCUT2D eigenvalue weighted by atomic mass is 32.1. The van der Waals surface area contributed by atoms with E-state index in [-0.39, 0.29) is 34.8 Å². The Balaban J connectivity index is 1.50. The van der Waals surface area contributed by atoms with Crippen molar-refractivity contribution in [3.63, 3.8) is 0 Å². The summed E-state index contributed by atoms with van der Waals surface area (Å²) in [6.07, 6.45) is 0.795. The Hall–Kier alpha value is -3.59. The Bertz CT molecular complexity index is 1150. The number of nitrogens with zero attached hydrogens (tertiary/aromatic N) is 1. The quantitative estimate of drug-likeness (QED) is 0.434. The summed E-state index contributed by atoms with van der Waals surface area (Å²) in [5.74, 6) is -1.57. The molecule has 33 heavy (non-hydrogen) atoms. The maximum Gasteiger partial charge on any atom is 0.260 e. The number of aromatic nitrogens is 1. The van der Waals surface area contributed by atoms with Gasteiger partial charge in [-0.2, -0.15) is 0 Å². The molecule has 1 atom stereocenters. The second-order valence-corrected chi connectivity index (χ2v) is 8.39. The first-order valence-corrected chi connectivity index (χ1v) is 11.4. The topological polar surface area (TPSA) is 100 Å². The first-order valence-electron chi connectivity index (χ1n) is 10.5. The molecule has 2 aromatic carbocycles. The lowest BCUT2D eigenvalue weighted by atomic mass is 10.1. The van der Waals surface area contributed by atoms with E-state index < -0.39 is 11.7 Å². The minimum absolute atomic E-state index is 0.0382. The molecule has 0 fully saturated rings. The fraction of sp³-hybridized carbons (Fsp3) is 0.250. The fourth-order valence-corrected chi connectivity index (χ4v) is 3.60. The van der Waals surface area contributed by atoms with Crippen molar-refractivity contribution in [3.8, 4) is 0 Å². The zero-order valence-corrected chi connectivity index (χ0v) is 19.2. The molecule has 0 saturated carbocycles. The van der Waals surface area contributed by atoms with E-state index in [1.54, 1.807) is 17.5 Å². The maximum atomic E-state index is 13.7. The molecule has 3 amide bonds. The van der Waals surface area contributed by atoms with Crippen LogP contribution < -0.4 is 16.0 Å². The number of amides is 3. The summed E-state index contributed by atoms with van der Waals surface area (Å²) in [6.45, 7) is 4.13. The van der Waals surface area contributed by atoms with Crippen molar-refractivity contribution in [2.24, 2.45) is 5.92 Å². The molecule has 1 heterocycles. The number of carbonyl (C=O) groups is 3. The van der Waals surface area contributed by atoms with E-state index in [0.717, 1.165) is 23.3 Å². The van der Waals surface area contributed by atoms with Gasteiger partial charge in [0.15, 0.2) is 5.13 Å². The van der Waals surface area contributed by atoms with Gasteiger partial charge in [0.05, 0.1) is 17.7 Å². The molecule has 1 aromatic heterocycles. The van der Waals surface area contributed by atoms with Crippen LogP contribution in [0.5, 0.6) is 0 Å². The van der Waals surface area contributed by atoms with Gasteiger partial charge in [0.25, 0.3) is 5.91 Å². The van der Waals surface area contributed by atoms with Crippen LogP contribution in [0.4, 0.5) is 15.2 Å². The van der Waals surface area contributed by atoms with Gasteiger partial charge in [-0.25, -0.2) is 9.37 Å². The second-order valence-electron chi connectivity index (χ2n) is 7.53. The third-order valence-electron chi connectivity index (χ3n) is 4.98. The van der Waals surface area contributed by atoms with Gasteiger partial charge in [-0.3, -0.25) is 19.7 Å². The van der Waals surface area contributed by atoms with Crippen molar-refractivity contribution in [3.05, 3.63) is 76.5 Å². The average molecular weight is 469 g/mol. The highest BCUT2D eigenvalue weighted by Crippen LogP contribution is 2.18. The Labute approximate surface area is 195 Å². The van der Waals surface area contributed by atoms with Gasteiger partial charge >= 0.3 is 0 Å². The number of thiazole rings is 1. The highest BCUT2D eigenvalue weighted by Gasteiger charge is 2.14. The van der Waals surface area contributed by atoms with E-state index in [2.05, 4.69) is 20.9 Å². The van der Waals surface area contributed by atoms with Crippen LogP contribution in [0.3, 0.4) is 0 Å². The van der Waals surface area contributed by atoms with E-state index >= 15 is 0 Å². The number of nitrogens with one attached hydrogen (secondary N) is 3. The molecule has 0 saturated heterocycles. The summed E-state index contributed by atoms with van der Waals surface area (Å²) in [6, 6.07) is 13.0. The van der Waals surface area contributed by atoms with Gasteiger partial charge in [-0.05, 0) is 36.2 Å². The number of halogens is 1. The first kappa shape index (κ1) is 24.1. The number of benzene rings is 2. The SMILES string of the molecule is CCC(C)C(=O)Nc1cccc(CNC(=O)Cc2csc(NC(=O)c3ccccc3F)n2)c1. The summed E-state index contributed by atoms with van der Waals surface area (Å²) < 4.78 is 13.7. The van der Waals surface area contributed by atoms with E-state index in [1.165, 1.54) is 18.2 Å². The van der Waals surface area contributed by atoms with Crippen molar-refractivity contribution in [1.29, 1.82) is 0 Å². The van der Waals surface area contributed by atoms with Gasteiger partial charge < -0.3 is 10.6 Å². The highest BCUT2D eigenvalue weighted by molar-refractivity contribution is 7.14. The summed E-state index contributed by atoms with van der Waals surface area (Å²) >= 11 is 1.16. The lowest BCUT2D eigenvalue weighted by Crippen LogP contribution is -2.25. The lowest BCUT2D eigenvalue weighted by Gasteiger charge is -2.11. The Morgan fingerprint density at radius 1 is 1.09 bits per heavy atom. The van der Waals surface area contributed by atoms with E-state index in [4.69, 9.17) is 0 Å². The van der Waals surface area contributed by atoms with Crippen LogP contribution in [0.2, 0.25) is 0 Å². The van der Waals surface area contributed by atoms with Crippen LogP contribution in [0.25, 0.3) is 0 Å². The minimum Gasteiger partial charge on any atom is -0.352 e. The second kappa shape index (κ2) is 11.3. The number of hydrogen-bond acceptors (Lipinski definition) is 5. The smallest absolute Gasteiger partial charge is 0.260 e. The number of anilines is 2. The molecule has 0 aliphatic heterocycles. The van der Waals surface area contributed by atoms with Crippen molar-refractivity contribution in [2.45, 2.75) is 33.2 Å². The van der Waals surface area contributed by atoms with E-state index in [0.29, 0.717) is 17.9 Å². The summed E-state index contributed by atoms with van der Waals surface area (Å²) in [7, 11) is 0. The average Bonchev–Trinajstić information content (AvgIpc) is 3.24. The van der Waals surface area contributed by atoms with Crippen molar-refractivity contribution in [1.82, 2.24) is 10.3 Å². The lowest BCUT2D eigenvalue weighted by molar-refractivity contribution is -0.121. The molecule has 0 aliphatic rings. The molecule has 172 valence electrons. The Morgan fingerprint density at radius 3 is 2.64 bits per heavy atom. The zero-order valence-electron chi connectivity index (χ0n) is 18.4. The molecule has 1 unspecified atom stereocenters. The van der Waals surface area contributed by atoms with Crippen LogP contribution in [0.15, 0.2) is 53.9 Å². The molecule has 9 heteroatoms.